The predicted octanol–water partition coefficient (Wildman–Crippen LogP) is 3.20. The van der Waals surface area contributed by atoms with Gasteiger partial charge in [-0.05, 0) is 30.4 Å². The molecule has 0 saturated carbocycles. The van der Waals surface area contributed by atoms with E-state index in [9.17, 15) is 0 Å². The number of hydrogen-bond donors (Lipinski definition) is 2. The molecule has 5 nitrogen and oxygen atoms in total. The van der Waals surface area contributed by atoms with E-state index >= 15 is 0 Å². The number of anilines is 1. The molecule has 0 atom stereocenters. The van der Waals surface area contributed by atoms with Crippen LogP contribution in [0.5, 0.6) is 17.2 Å². The zero-order valence-electron chi connectivity index (χ0n) is 13.4. The Labute approximate surface area is 141 Å². The van der Waals surface area contributed by atoms with Crippen LogP contribution in [-0.4, -0.2) is 26.4 Å². The summed E-state index contributed by atoms with van der Waals surface area (Å²) in [5, 5.41) is 6.79. The van der Waals surface area contributed by atoms with Crippen LogP contribution in [0.25, 0.3) is 0 Å². The van der Waals surface area contributed by atoms with Gasteiger partial charge in [0, 0.05) is 23.9 Å². The van der Waals surface area contributed by atoms with Crippen molar-refractivity contribution in [3.05, 3.63) is 48.0 Å². The molecule has 0 bridgehead atoms. The van der Waals surface area contributed by atoms with Gasteiger partial charge in [-0.2, -0.15) is 0 Å². The topological polar surface area (TPSA) is 51.8 Å². The van der Waals surface area contributed by atoms with E-state index in [1.807, 2.05) is 42.5 Å². The van der Waals surface area contributed by atoms with Crippen LogP contribution in [0.4, 0.5) is 5.69 Å². The smallest absolute Gasteiger partial charge is 0.171 e. The Hall–Kier alpha value is -2.47. The lowest BCUT2D eigenvalue weighted by Crippen LogP contribution is -2.28. The van der Waals surface area contributed by atoms with Crippen molar-refractivity contribution in [1.82, 2.24) is 5.32 Å². The van der Waals surface area contributed by atoms with Gasteiger partial charge < -0.3 is 24.8 Å². The summed E-state index contributed by atoms with van der Waals surface area (Å²) in [5.41, 5.74) is 1.85. The number of hydrogen-bond acceptors (Lipinski definition) is 4. The highest BCUT2D eigenvalue weighted by Gasteiger charge is 2.06. The largest absolute Gasteiger partial charge is 0.496 e. The van der Waals surface area contributed by atoms with Crippen LogP contribution in [0.3, 0.4) is 0 Å². The van der Waals surface area contributed by atoms with E-state index < -0.39 is 0 Å². The first-order valence-corrected chi connectivity index (χ1v) is 7.47. The molecule has 23 heavy (non-hydrogen) atoms. The number of rotatable bonds is 6. The number of para-hydroxylation sites is 1. The summed E-state index contributed by atoms with van der Waals surface area (Å²) in [5.74, 6) is 2.14. The van der Waals surface area contributed by atoms with Crippen molar-refractivity contribution >= 4 is 23.0 Å². The van der Waals surface area contributed by atoms with E-state index in [1.54, 1.807) is 21.3 Å². The lowest BCUT2D eigenvalue weighted by molar-refractivity contribution is 0.355. The van der Waals surface area contributed by atoms with Crippen molar-refractivity contribution in [2.24, 2.45) is 0 Å². The van der Waals surface area contributed by atoms with Crippen molar-refractivity contribution in [2.45, 2.75) is 6.54 Å². The average Bonchev–Trinajstić information content (AvgIpc) is 2.60. The molecule has 0 aliphatic carbocycles. The highest BCUT2D eigenvalue weighted by atomic mass is 32.1. The Morgan fingerprint density at radius 2 is 1.61 bits per heavy atom. The third kappa shape index (κ3) is 4.50. The van der Waals surface area contributed by atoms with Crippen molar-refractivity contribution < 1.29 is 14.2 Å². The number of ether oxygens (including phenoxy) is 3. The molecular formula is C17H20N2O3S. The highest BCUT2D eigenvalue weighted by molar-refractivity contribution is 7.80. The van der Waals surface area contributed by atoms with Crippen molar-refractivity contribution in [2.75, 3.05) is 26.6 Å². The molecule has 0 aliphatic rings. The van der Waals surface area contributed by atoms with Crippen LogP contribution in [0.15, 0.2) is 42.5 Å². The molecule has 2 aromatic carbocycles. The molecule has 0 radical (unpaired) electrons. The van der Waals surface area contributed by atoms with Gasteiger partial charge in [-0.3, -0.25) is 0 Å². The molecule has 2 aromatic rings. The summed E-state index contributed by atoms with van der Waals surface area (Å²) >= 11 is 5.32. The van der Waals surface area contributed by atoms with Gasteiger partial charge in [0.2, 0.25) is 0 Å². The molecule has 2 N–H and O–H groups in total. The number of benzene rings is 2. The van der Waals surface area contributed by atoms with Crippen LogP contribution in [-0.2, 0) is 6.54 Å². The molecular weight excluding hydrogens is 312 g/mol. The van der Waals surface area contributed by atoms with Gasteiger partial charge in [-0.15, -0.1) is 0 Å². The fraction of sp³-hybridized carbons (Fsp3) is 0.235. The van der Waals surface area contributed by atoms with Gasteiger partial charge in [0.1, 0.15) is 5.75 Å². The molecule has 6 heteroatoms. The zero-order chi connectivity index (χ0) is 16.7. The predicted molar refractivity (Wildman–Crippen MR) is 95.6 cm³/mol. The molecule has 0 amide bonds. The quantitative estimate of drug-likeness (QED) is 0.792. The summed E-state index contributed by atoms with van der Waals surface area (Å²) in [6.45, 7) is 0.573. The highest BCUT2D eigenvalue weighted by Crippen LogP contribution is 2.29. The van der Waals surface area contributed by atoms with Crippen LogP contribution < -0.4 is 24.8 Å². The molecule has 0 fully saturated rings. The van der Waals surface area contributed by atoms with E-state index in [1.165, 1.54) is 0 Å². The Morgan fingerprint density at radius 3 is 2.30 bits per heavy atom. The van der Waals surface area contributed by atoms with Gasteiger partial charge in [0.15, 0.2) is 16.6 Å². The van der Waals surface area contributed by atoms with E-state index in [0.717, 1.165) is 17.0 Å². The van der Waals surface area contributed by atoms with Gasteiger partial charge in [-0.25, -0.2) is 0 Å². The molecule has 0 aromatic heterocycles. The van der Waals surface area contributed by atoms with Crippen molar-refractivity contribution in [1.29, 1.82) is 0 Å². The summed E-state index contributed by atoms with van der Waals surface area (Å²) in [6, 6.07) is 13.3. The molecule has 2 rings (SSSR count). The van der Waals surface area contributed by atoms with Crippen LogP contribution in [0, 0.1) is 0 Å². The van der Waals surface area contributed by atoms with Crippen molar-refractivity contribution in [3.63, 3.8) is 0 Å². The van der Waals surface area contributed by atoms with E-state index in [0.29, 0.717) is 23.2 Å². The average molecular weight is 332 g/mol. The minimum atomic E-state index is 0.517. The fourth-order valence-electron chi connectivity index (χ4n) is 2.11. The zero-order valence-corrected chi connectivity index (χ0v) is 14.2. The maximum atomic E-state index is 5.32. The molecule has 0 heterocycles. The van der Waals surface area contributed by atoms with Crippen molar-refractivity contribution in [3.8, 4) is 17.2 Å². The first-order valence-electron chi connectivity index (χ1n) is 7.06. The van der Waals surface area contributed by atoms with Gasteiger partial charge in [0.25, 0.3) is 0 Å². The third-order valence-corrected chi connectivity index (χ3v) is 3.52. The van der Waals surface area contributed by atoms with Crippen LogP contribution in [0.1, 0.15) is 5.56 Å². The molecule has 0 aliphatic heterocycles. The van der Waals surface area contributed by atoms with E-state index in [2.05, 4.69) is 10.6 Å². The second-order valence-electron chi connectivity index (χ2n) is 4.69. The minimum absolute atomic E-state index is 0.517. The Kier molecular flexibility index (Phi) is 6.05. The molecule has 0 spiro atoms. The van der Waals surface area contributed by atoms with Crippen LogP contribution in [0.2, 0.25) is 0 Å². The number of nitrogens with one attached hydrogen (secondary N) is 2. The first kappa shape index (κ1) is 16.9. The molecule has 0 unspecified atom stereocenters. The van der Waals surface area contributed by atoms with Crippen LogP contribution >= 0.6 is 12.2 Å². The fourth-order valence-corrected chi connectivity index (χ4v) is 2.30. The summed E-state index contributed by atoms with van der Waals surface area (Å²) in [6.07, 6.45) is 0. The monoisotopic (exact) mass is 332 g/mol. The lowest BCUT2D eigenvalue weighted by Gasteiger charge is -2.14. The summed E-state index contributed by atoms with van der Waals surface area (Å²) in [4.78, 5) is 0. The van der Waals surface area contributed by atoms with Gasteiger partial charge >= 0.3 is 0 Å². The summed E-state index contributed by atoms with van der Waals surface area (Å²) < 4.78 is 15.8. The minimum Gasteiger partial charge on any atom is -0.496 e. The molecule has 0 saturated heterocycles. The first-order chi connectivity index (χ1) is 11.2. The van der Waals surface area contributed by atoms with E-state index in [4.69, 9.17) is 26.4 Å². The van der Waals surface area contributed by atoms with E-state index in [-0.39, 0.29) is 0 Å². The standard InChI is InChI=1S/C17H20N2O3S/c1-20-14-7-5-4-6-12(14)11-18-17(23)19-13-8-9-15(21-2)16(10-13)22-3/h4-10H,11H2,1-3H3,(H2,18,19,23). The second-order valence-corrected chi connectivity index (χ2v) is 5.10. The molecule has 122 valence electrons. The van der Waals surface area contributed by atoms with Gasteiger partial charge in [-0.1, -0.05) is 18.2 Å². The Bertz CT molecular complexity index is 677. The Balaban J connectivity index is 1.97. The normalized spacial score (nSPS) is 9.87. The lowest BCUT2D eigenvalue weighted by atomic mass is 10.2. The maximum Gasteiger partial charge on any atom is 0.171 e. The third-order valence-electron chi connectivity index (χ3n) is 3.27. The number of methoxy groups -OCH3 is 3. The van der Waals surface area contributed by atoms with Gasteiger partial charge in [0.05, 0.1) is 21.3 Å². The second kappa shape index (κ2) is 8.24. The SMILES string of the molecule is COc1ccccc1CNC(=S)Nc1ccc(OC)c(OC)c1. The number of thiocarbonyl (C=S) groups is 1. The summed E-state index contributed by atoms with van der Waals surface area (Å²) in [7, 11) is 4.85. The maximum absolute atomic E-state index is 5.32. The Morgan fingerprint density at radius 1 is 0.913 bits per heavy atom.